The van der Waals surface area contributed by atoms with Crippen LogP contribution in [-0.2, 0) is 0 Å². The van der Waals surface area contributed by atoms with Crippen molar-refractivity contribution < 1.29 is 14.6 Å². The third-order valence-corrected chi connectivity index (χ3v) is 2.32. The van der Waals surface area contributed by atoms with Gasteiger partial charge in [0.15, 0.2) is 11.5 Å². The Kier molecular flexibility index (Phi) is 5.74. The van der Waals surface area contributed by atoms with Gasteiger partial charge < -0.3 is 9.84 Å². The number of rotatable bonds is 2. The Bertz CT molecular complexity index is 498. The van der Waals surface area contributed by atoms with Crippen molar-refractivity contribution in [2.45, 2.75) is 0 Å². The number of carbonyl (C=O) groups is 1. The van der Waals surface area contributed by atoms with Crippen molar-refractivity contribution in [3.05, 3.63) is 59.1 Å². The second kappa shape index (κ2) is 7.35. The number of phenolic OH excluding ortho intramolecular Hbond substituents is 1. The molecule has 94 valence electrons. The van der Waals surface area contributed by atoms with Crippen LogP contribution in [0.4, 0.5) is 0 Å². The van der Waals surface area contributed by atoms with E-state index in [2.05, 4.69) is 0 Å². The topological polar surface area (TPSA) is 46.5 Å². The molecule has 0 saturated carbocycles. The van der Waals surface area contributed by atoms with Gasteiger partial charge in [-0.1, -0.05) is 29.8 Å². The standard InChI is InChI=1S/C8H8O3.C6H5Cl/c1-11-8-3-2-6(5-9)4-7(8)10;7-6-4-2-1-3-5-6/h2-5,10H,1H3;1-5H. The molecule has 3 nitrogen and oxygen atoms in total. The summed E-state index contributed by atoms with van der Waals surface area (Å²) in [7, 11) is 1.45. The summed E-state index contributed by atoms with van der Waals surface area (Å²) in [6.45, 7) is 0. The number of methoxy groups -OCH3 is 1. The van der Waals surface area contributed by atoms with Crippen LogP contribution in [0.3, 0.4) is 0 Å². The highest BCUT2D eigenvalue weighted by molar-refractivity contribution is 6.30. The minimum absolute atomic E-state index is 0.0166. The van der Waals surface area contributed by atoms with Gasteiger partial charge in [-0.25, -0.2) is 0 Å². The minimum Gasteiger partial charge on any atom is -0.504 e. The molecule has 0 aromatic heterocycles. The SMILES string of the molecule is COc1ccc(C=O)cc1O.Clc1ccccc1. The van der Waals surface area contributed by atoms with E-state index in [4.69, 9.17) is 21.4 Å². The molecule has 0 bridgehead atoms. The first-order chi connectivity index (χ1) is 8.67. The molecule has 1 N–H and O–H groups in total. The van der Waals surface area contributed by atoms with Crippen LogP contribution in [0, 0.1) is 0 Å². The quantitative estimate of drug-likeness (QED) is 0.844. The lowest BCUT2D eigenvalue weighted by atomic mass is 10.2. The van der Waals surface area contributed by atoms with Crippen molar-refractivity contribution >= 4 is 17.9 Å². The third-order valence-electron chi connectivity index (χ3n) is 2.07. The molecule has 0 amide bonds. The largest absolute Gasteiger partial charge is 0.504 e. The highest BCUT2D eigenvalue weighted by Crippen LogP contribution is 2.25. The molecule has 0 aliphatic carbocycles. The highest BCUT2D eigenvalue weighted by Gasteiger charge is 2.00. The summed E-state index contributed by atoms with van der Waals surface area (Å²) in [5.41, 5.74) is 0.434. The van der Waals surface area contributed by atoms with E-state index in [0.29, 0.717) is 17.6 Å². The first kappa shape index (κ1) is 14.1. The monoisotopic (exact) mass is 264 g/mol. The van der Waals surface area contributed by atoms with E-state index in [0.717, 1.165) is 5.02 Å². The maximum Gasteiger partial charge on any atom is 0.160 e. The van der Waals surface area contributed by atoms with Crippen LogP contribution < -0.4 is 4.74 Å². The number of aromatic hydroxyl groups is 1. The lowest BCUT2D eigenvalue weighted by molar-refractivity contribution is 0.112. The fraction of sp³-hybridized carbons (Fsp3) is 0.0714. The van der Waals surface area contributed by atoms with Crippen LogP contribution in [0.2, 0.25) is 5.02 Å². The molecule has 0 heterocycles. The van der Waals surface area contributed by atoms with Crippen LogP contribution in [0.15, 0.2) is 48.5 Å². The Labute approximate surface area is 111 Å². The molecular formula is C14H13ClO3. The summed E-state index contributed by atoms with van der Waals surface area (Å²) in [5.74, 6) is 0.354. The average molecular weight is 265 g/mol. The lowest BCUT2D eigenvalue weighted by Crippen LogP contribution is -1.85. The predicted octanol–water partition coefficient (Wildman–Crippen LogP) is 3.55. The van der Waals surface area contributed by atoms with Crippen LogP contribution in [-0.4, -0.2) is 18.5 Å². The van der Waals surface area contributed by atoms with E-state index in [1.54, 1.807) is 12.1 Å². The number of benzene rings is 2. The summed E-state index contributed by atoms with van der Waals surface area (Å²) in [6, 6.07) is 13.9. The molecule has 0 aliphatic heterocycles. The lowest BCUT2D eigenvalue weighted by Gasteiger charge is -2.01. The number of aldehydes is 1. The molecule has 4 heteroatoms. The van der Waals surface area contributed by atoms with Gasteiger partial charge in [-0.05, 0) is 30.3 Å². The van der Waals surface area contributed by atoms with Crippen LogP contribution in [0.1, 0.15) is 10.4 Å². The zero-order valence-corrected chi connectivity index (χ0v) is 10.6. The predicted molar refractivity (Wildman–Crippen MR) is 71.5 cm³/mol. The van der Waals surface area contributed by atoms with Gasteiger partial charge in [0.25, 0.3) is 0 Å². The van der Waals surface area contributed by atoms with Gasteiger partial charge >= 0.3 is 0 Å². The van der Waals surface area contributed by atoms with Crippen molar-refractivity contribution in [3.8, 4) is 11.5 Å². The van der Waals surface area contributed by atoms with E-state index < -0.39 is 0 Å². The second-order valence-electron chi connectivity index (χ2n) is 3.34. The fourth-order valence-electron chi connectivity index (χ4n) is 1.19. The Morgan fingerprint density at radius 2 is 1.83 bits per heavy atom. The molecule has 2 aromatic rings. The number of hydrogen-bond acceptors (Lipinski definition) is 3. The number of ether oxygens (including phenoxy) is 1. The minimum atomic E-state index is -0.0166. The van der Waals surface area contributed by atoms with Crippen molar-refractivity contribution in [2.75, 3.05) is 7.11 Å². The zero-order chi connectivity index (χ0) is 13.4. The molecule has 0 radical (unpaired) electrons. The molecule has 0 unspecified atom stereocenters. The van der Waals surface area contributed by atoms with Gasteiger partial charge in [-0.3, -0.25) is 4.79 Å². The van der Waals surface area contributed by atoms with E-state index in [-0.39, 0.29) is 5.75 Å². The molecule has 0 spiro atoms. The highest BCUT2D eigenvalue weighted by atomic mass is 35.5. The van der Waals surface area contributed by atoms with Crippen LogP contribution >= 0.6 is 11.6 Å². The van der Waals surface area contributed by atoms with E-state index in [1.165, 1.54) is 13.2 Å². The van der Waals surface area contributed by atoms with Gasteiger partial charge in [0.1, 0.15) is 6.29 Å². The summed E-state index contributed by atoms with van der Waals surface area (Å²) in [5, 5.41) is 9.93. The summed E-state index contributed by atoms with van der Waals surface area (Å²) in [4.78, 5) is 10.2. The first-order valence-electron chi connectivity index (χ1n) is 5.20. The molecule has 2 rings (SSSR count). The molecule has 0 saturated heterocycles. The normalized spacial score (nSPS) is 9.00. The van der Waals surface area contributed by atoms with Crippen molar-refractivity contribution in [3.63, 3.8) is 0 Å². The van der Waals surface area contributed by atoms with Gasteiger partial charge in [0, 0.05) is 10.6 Å². The molecule has 2 aromatic carbocycles. The van der Waals surface area contributed by atoms with Crippen molar-refractivity contribution in [1.82, 2.24) is 0 Å². The number of halogens is 1. The number of hydrogen-bond donors (Lipinski definition) is 1. The summed E-state index contributed by atoms with van der Waals surface area (Å²) >= 11 is 5.54. The van der Waals surface area contributed by atoms with Gasteiger partial charge in [-0.15, -0.1) is 0 Å². The smallest absolute Gasteiger partial charge is 0.160 e. The van der Waals surface area contributed by atoms with Crippen molar-refractivity contribution in [2.24, 2.45) is 0 Å². The average Bonchev–Trinajstić information content (AvgIpc) is 2.40. The van der Waals surface area contributed by atoms with Crippen LogP contribution in [0.5, 0.6) is 11.5 Å². The van der Waals surface area contributed by atoms with E-state index in [9.17, 15) is 4.79 Å². The van der Waals surface area contributed by atoms with Gasteiger partial charge in [0.2, 0.25) is 0 Å². The number of carbonyl (C=O) groups excluding carboxylic acids is 1. The Morgan fingerprint density at radius 3 is 2.22 bits per heavy atom. The van der Waals surface area contributed by atoms with Crippen molar-refractivity contribution in [1.29, 1.82) is 0 Å². The number of phenols is 1. The Morgan fingerprint density at radius 1 is 1.17 bits per heavy atom. The Balaban J connectivity index is 0.000000199. The van der Waals surface area contributed by atoms with E-state index >= 15 is 0 Å². The maximum absolute atomic E-state index is 10.2. The molecule has 0 fully saturated rings. The third kappa shape index (κ3) is 4.47. The van der Waals surface area contributed by atoms with Gasteiger partial charge in [0.05, 0.1) is 7.11 Å². The second-order valence-corrected chi connectivity index (χ2v) is 3.78. The summed E-state index contributed by atoms with van der Waals surface area (Å²) < 4.78 is 4.78. The zero-order valence-electron chi connectivity index (χ0n) is 9.84. The molecule has 18 heavy (non-hydrogen) atoms. The molecule has 0 aliphatic rings. The first-order valence-corrected chi connectivity index (χ1v) is 5.58. The van der Waals surface area contributed by atoms with E-state index in [1.807, 2.05) is 30.3 Å². The molecular weight excluding hydrogens is 252 g/mol. The summed E-state index contributed by atoms with van der Waals surface area (Å²) in [6.07, 6.45) is 0.666. The maximum atomic E-state index is 10.2. The Hall–Kier alpha value is -2.00. The molecule has 0 atom stereocenters. The fourth-order valence-corrected chi connectivity index (χ4v) is 1.34. The van der Waals surface area contributed by atoms with Gasteiger partial charge in [-0.2, -0.15) is 0 Å². The van der Waals surface area contributed by atoms with Crippen LogP contribution in [0.25, 0.3) is 0 Å².